The molecule has 3 aromatic rings. The summed E-state index contributed by atoms with van der Waals surface area (Å²) in [7, 11) is 1.33. The molecule has 144 valence electrons. The fourth-order valence-corrected chi connectivity index (χ4v) is 4.21. The highest BCUT2D eigenvalue weighted by atomic mass is 32.1. The number of aromatic nitrogens is 1. The monoisotopic (exact) mass is 396 g/mol. The zero-order chi connectivity index (χ0) is 19.5. The van der Waals surface area contributed by atoms with Crippen molar-refractivity contribution in [3.05, 3.63) is 59.7 Å². The van der Waals surface area contributed by atoms with Crippen LogP contribution in [0, 0.1) is 0 Å². The maximum absolute atomic E-state index is 13.3. The number of carbonyl (C=O) groups excluding carboxylic acids is 2. The third kappa shape index (κ3) is 3.76. The largest absolute Gasteiger partial charge is 0.465 e. The molecular formula is C21H20N2O4S. The number of thiazole rings is 1. The zero-order valence-corrected chi connectivity index (χ0v) is 16.3. The maximum Gasteiger partial charge on any atom is 0.337 e. The molecule has 1 saturated heterocycles. The Labute approximate surface area is 166 Å². The highest BCUT2D eigenvalue weighted by Crippen LogP contribution is 2.30. The molecule has 0 radical (unpaired) electrons. The molecule has 0 spiro atoms. The van der Waals surface area contributed by atoms with Gasteiger partial charge in [-0.1, -0.05) is 23.5 Å². The molecule has 4 rings (SSSR count). The van der Waals surface area contributed by atoms with Gasteiger partial charge in [0.25, 0.3) is 5.91 Å². The third-order valence-electron chi connectivity index (χ3n) is 4.72. The van der Waals surface area contributed by atoms with Crippen LogP contribution < -0.4 is 4.90 Å². The number of amides is 1. The van der Waals surface area contributed by atoms with Gasteiger partial charge in [0, 0.05) is 12.2 Å². The van der Waals surface area contributed by atoms with Gasteiger partial charge in [-0.05, 0) is 49.2 Å². The van der Waals surface area contributed by atoms with E-state index in [1.807, 2.05) is 24.3 Å². The number of hydrogen-bond acceptors (Lipinski definition) is 6. The zero-order valence-electron chi connectivity index (χ0n) is 15.5. The van der Waals surface area contributed by atoms with Crippen LogP contribution in [0.1, 0.15) is 33.6 Å². The second-order valence-corrected chi connectivity index (χ2v) is 7.59. The number of anilines is 1. The van der Waals surface area contributed by atoms with E-state index in [2.05, 4.69) is 4.98 Å². The Morgan fingerprint density at radius 1 is 1.18 bits per heavy atom. The van der Waals surface area contributed by atoms with E-state index in [1.165, 1.54) is 18.4 Å². The number of carbonyl (C=O) groups is 2. The fraction of sp³-hybridized carbons (Fsp3) is 0.286. The van der Waals surface area contributed by atoms with Gasteiger partial charge in [0.2, 0.25) is 0 Å². The summed E-state index contributed by atoms with van der Waals surface area (Å²) in [6.45, 7) is 1.18. The minimum atomic E-state index is -0.429. The van der Waals surface area contributed by atoms with Gasteiger partial charge in [0.1, 0.15) is 0 Å². The number of fused-ring (bicyclic) bond motifs is 1. The van der Waals surface area contributed by atoms with Crippen molar-refractivity contribution in [1.82, 2.24) is 4.98 Å². The lowest BCUT2D eigenvalue weighted by molar-refractivity contribution is 0.0600. The Morgan fingerprint density at radius 2 is 1.93 bits per heavy atom. The molecule has 6 nitrogen and oxygen atoms in total. The van der Waals surface area contributed by atoms with Crippen molar-refractivity contribution in [2.45, 2.75) is 18.9 Å². The van der Waals surface area contributed by atoms with Gasteiger partial charge in [0.05, 0.1) is 35.5 Å². The maximum atomic E-state index is 13.3. The van der Waals surface area contributed by atoms with Gasteiger partial charge >= 0.3 is 5.97 Å². The quantitative estimate of drug-likeness (QED) is 0.612. The van der Waals surface area contributed by atoms with Crippen molar-refractivity contribution in [3.8, 4) is 0 Å². The average Bonchev–Trinajstić information content (AvgIpc) is 3.40. The van der Waals surface area contributed by atoms with E-state index in [-0.39, 0.29) is 12.0 Å². The van der Waals surface area contributed by atoms with E-state index in [0.29, 0.717) is 22.8 Å². The molecule has 28 heavy (non-hydrogen) atoms. The summed E-state index contributed by atoms with van der Waals surface area (Å²) in [4.78, 5) is 31.3. The summed E-state index contributed by atoms with van der Waals surface area (Å²) >= 11 is 1.49. The molecule has 2 aromatic carbocycles. The Balaban J connectivity index is 1.65. The molecule has 1 atom stereocenters. The first-order valence-corrected chi connectivity index (χ1v) is 9.95. The second-order valence-electron chi connectivity index (χ2n) is 6.58. The molecule has 1 aliphatic rings. The summed E-state index contributed by atoms with van der Waals surface area (Å²) in [6, 6.07) is 14.3. The first-order chi connectivity index (χ1) is 13.7. The average molecular weight is 396 g/mol. The van der Waals surface area contributed by atoms with Gasteiger partial charge in [0.15, 0.2) is 5.13 Å². The van der Waals surface area contributed by atoms with Crippen molar-refractivity contribution < 1.29 is 19.1 Å². The second kappa shape index (κ2) is 8.08. The standard InChI is InChI=1S/C21H20N2O4S/c1-26-20(25)15-10-8-14(9-11-15)19(24)23(13-16-5-4-12-27-16)21-22-17-6-2-3-7-18(17)28-21/h2-3,6-11,16H,4-5,12-13H2,1H3. The van der Waals surface area contributed by atoms with Crippen LogP contribution in [0.5, 0.6) is 0 Å². The van der Waals surface area contributed by atoms with Gasteiger partial charge in [-0.25, -0.2) is 9.78 Å². The number of benzene rings is 2. The summed E-state index contributed by atoms with van der Waals surface area (Å²) in [5, 5.41) is 0.652. The number of para-hydroxylation sites is 1. The number of esters is 1. The molecule has 1 aromatic heterocycles. The van der Waals surface area contributed by atoms with Crippen LogP contribution >= 0.6 is 11.3 Å². The Kier molecular flexibility index (Phi) is 5.36. The van der Waals surface area contributed by atoms with E-state index in [4.69, 9.17) is 9.47 Å². The van der Waals surface area contributed by atoms with Crippen LogP contribution in [0.15, 0.2) is 48.5 Å². The molecule has 0 N–H and O–H groups in total. The number of rotatable bonds is 5. The van der Waals surface area contributed by atoms with Gasteiger partial charge in [-0.2, -0.15) is 0 Å². The number of methoxy groups -OCH3 is 1. The highest BCUT2D eigenvalue weighted by molar-refractivity contribution is 7.22. The topological polar surface area (TPSA) is 68.7 Å². The van der Waals surface area contributed by atoms with Crippen molar-refractivity contribution in [2.75, 3.05) is 25.2 Å². The molecule has 0 saturated carbocycles. The smallest absolute Gasteiger partial charge is 0.337 e. The molecule has 1 unspecified atom stereocenters. The molecule has 0 aliphatic carbocycles. The predicted octanol–water partition coefficient (Wildman–Crippen LogP) is 3.91. The Bertz CT molecular complexity index is 960. The lowest BCUT2D eigenvalue weighted by Gasteiger charge is -2.23. The first-order valence-electron chi connectivity index (χ1n) is 9.13. The molecular weight excluding hydrogens is 376 g/mol. The van der Waals surface area contributed by atoms with Crippen LogP contribution in [0.4, 0.5) is 5.13 Å². The van der Waals surface area contributed by atoms with Gasteiger partial charge < -0.3 is 9.47 Å². The highest BCUT2D eigenvalue weighted by Gasteiger charge is 2.27. The molecule has 1 aliphatic heterocycles. The number of ether oxygens (including phenoxy) is 2. The number of nitrogens with zero attached hydrogens (tertiary/aromatic N) is 2. The van der Waals surface area contributed by atoms with Crippen LogP contribution in [-0.4, -0.2) is 43.2 Å². The normalized spacial score (nSPS) is 16.2. The third-order valence-corrected chi connectivity index (χ3v) is 5.78. The van der Waals surface area contributed by atoms with Gasteiger partial charge in [-0.3, -0.25) is 9.69 Å². The van der Waals surface area contributed by atoms with E-state index in [9.17, 15) is 9.59 Å². The molecule has 2 heterocycles. The van der Waals surface area contributed by atoms with Crippen LogP contribution in [-0.2, 0) is 9.47 Å². The van der Waals surface area contributed by atoms with Crippen LogP contribution in [0.25, 0.3) is 10.2 Å². The predicted molar refractivity (Wildman–Crippen MR) is 108 cm³/mol. The summed E-state index contributed by atoms with van der Waals surface area (Å²) < 4.78 is 11.5. The Hall–Kier alpha value is -2.77. The number of hydrogen-bond donors (Lipinski definition) is 0. The summed E-state index contributed by atoms with van der Waals surface area (Å²) in [5.74, 6) is -0.590. The lowest BCUT2D eigenvalue weighted by Crippen LogP contribution is -2.37. The summed E-state index contributed by atoms with van der Waals surface area (Å²) in [6.07, 6.45) is 1.93. The van der Waals surface area contributed by atoms with Crippen LogP contribution in [0.2, 0.25) is 0 Å². The van der Waals surface area contributed by atoms with Gasteiger partial charge in [-0.15, -0.1) is 0 Å². The Morgan fingerprint density at radius 3 is 2.61 bits per heavy atom. The fourth-order valence-electron chi connectivity index (χ4n) is 3.24. The molecule has 7 heteroatoms. The lowest BCUT2D eigenvalue weighted by atomic mass is 10.1. The van der Waals surface area contributed by atoms with Crippen molar-refractivity contribution in [3.63, 3.8) is 0 Å². The van der Waals surface area contributed by atoms with E-state index < -0.39 is 5.97 Å². The molecule has 0 bridgehead atoms. The SMILES string of the molecule is COC(=O)c1ccc(C(=O)N(CC2CCCO2)c2nc3ccccc3s2)cc1. The van der Waals surface area contributed by atoms with Crippen LogP contribution in [0.3, 0.4) is 0 Å². The van der Waals surface area contributed by atoms with E-state index in [1.54, 1.807) is 29.2 Å². The minimum Gasteiger partial charge on any atom is -0.465 e. The van der Waals surface area contributed by atoms with E-state index >= 15 is 0 Å². The summed E-state index contributed by atoms with van der Waals surface area (Å²) in [5.41, 5.74) is 1.77. The minimum absolute atomic E-state index is 0.00491. The van der Waals surface area contributed by atoms with Crippen molar-refractivity contribution in [2.24, 2.45) is 0 Å². The first kappa shape index (κ1) is 18.6. The molecule has 1 fully saturated rings. The molecule has 1 amide bonds. The van der Waals surface area contributed by atoms with Crippen molar-refractivity contribution >= 4 is 38.6 Å². The van der Waals surface area contributed by atoms with E-state index in [0.717, 1.165) is 29.7 Å². The van der Waals surface area contributed by atoms with Crippen molar-refractivity contribution in [1.29, 1.82) is 0 Å².